The van der Waals surface area contributed by atoms with Crippen LogP contribution in [0.2, 0.25) is 0 Å². The minimum atomic E-state index is -0.943. The second kappa shape index (κ2) is 9.19. The Morgan fingerprint density at radius 1 is 0.968 bits per heavy atom. The van der Waals surface area contributed by atoms with Gasteiger partial charge in [0.05, 0.1) is 0 Å². The molecular weight excluding hydrogens is 388 g/mol. The lowest BCUT2D eigenvalue weighted by Gasteiger charge is -2.12. The van der Waals surface area contributed by atoms with Crippen LogP contribution in [0.5, 0.6) is 5.75 Å². The van der Waals surface area contributed by atoms with E-state index in [0.29, 0.717) is 19.6 Å². The summed E-state index contributed by atoms with van der Waals surface area (Å²) >= 11 is 0. The van der Waals surface area contributed by atoms with Crippen molar-refractivity contribution in [2.24, 2.45) is 0 Å². The average Bonchev–Trinajstić information content (AvgIpc) is 3.07. The Morgan fingerprint density at radius 2 is 1.68 bits per heavy atom. The summed E-state index contributed by atoms with van der Waals surface area (Å²) in [4.78, 5) is 11.3. The van der Waals surface area contributed by atoms with Gasteiger partial charge in [-0.15, -0.1) is 0 Å². The number of aryl methyl sites for hydroxylation is 1. The van der Waals surface area contributed by atoms with Gasteiger partial charge >= 0.3 is 5.97 Å². The van der Waals surface area contributed by atoms with E-state index in [2.05, 4.69) is 55.5 Å². The van der Waals surface area contributed by atoms with Gasteiger partial charge < -0.3 is 14.6 Å². The molecule has 0 fully saturated rings. The predicted octanol–water partition coefficient (Wildman–Crippen LogP) is 5.52. The molecule has 0 saturated heterocycles. The maximum atomic E-state index is 11.3. The van der Waals surface area contributed by atoms with Crippen LogP contribution in [0.25, 0.3) is 16.7 Å². The first-order chi connectivity index (χ1) is 15.1. The van der Waals surface area contributed by atoms with Crippen molar-refractivity contribution in [2.45, 2.75) is 26.4 Å². The average molecular weight is 415 g/mol. The monoisotopic (exact) mass is 414 g/mol. The van der Waals surface area contributed by atoms with Crippen LogP contribution in [0.4, 0.5) is 0 Å². The molecule has 0 spiro atoms. The maximum Gasteiger partial charge on any atom is 0.333 e. The number of hydrogen-bond donors (Lipinski definition) is 1. The van der Waals surface area contributed by atoms with Gasteiger partial charge in [0.1, 0.15) is 12.4 Å². The standard InChI is InChI=1S/C27H26O4/c1-3-30-26(27(28)29)17-19-9-11-20(12-10-19)31-15-14-24-22-7-5-4-6-21(22)23-13-8-18(2)16-25(23)24/h4-14,16,26H,3,15,17H2,1-2H3,(H,28,29)/b24-14-. The Morgan fingerprint density at radius 3 is 2.39 bits per heavy atom. The molecule has 1 aliphatic carbocycles. The minimum absolute atomic E-state index is 0.334. The lowest BCUT2D eigenvalue weighted by molar-refractivity contribution is -0.149. The molecule has 4 rings (SSSR count). The molecule has 1 N–H and O–H groups in total. The molecule has 158 valence electrons. The van der Waals surface area contributed by atoms with Crippen molar-refractivity contribution in [3.05, 3.63) is 95.1 Å². The summed E-state index contributed by atoms with van der Waals surface area (Å²) in [5.74, 6) is -0.194. The van der Waals surface area contributed by atoms with Crippen LogP contribution >= 0.6 is 0 Å². The van der Waals surface area contributed by atoms with Crippen LogP contribution in [-0.4, -0.2) is 30.4 Å². The number of hydrogen-bond acceptors (Lipinski definition) is 3. The summed E-state index contributed by atoms with van der Waals surface area (Å²) in [5.41, 5.74) is 8.34. The molecule has 0 aliphatic heterocycles. The Hall–Kier alpha value is -3.37. The third-order valence-electron chi connectivity index (χ3n) is 5.50. The zero-order valence-corrected chi connectivity index (χ0v) is 17.8. The van der Waals surface area contributed by atoms with E-state index >= 15 is 0 Å². The molecule has 1 atom stereocenters. The highest BCUT2D eigenvalue weighted by Gasteiger charge is 2.22. The smallest absolute Gasteiger partial charge is 0.333 e. The molecule has 1 unspecified atom stereocenters. The van der Waals surface area contributed by atoms with Crippen molar-refractivity contribution in [1.82, 2.24) is 0 Å². The summed E-state index contributed by atoms with van der Waals surface area (Å²) in [6.45, 7) is 4.73. The van der Waals surface area contributed by atoms with Crippen molar-refractivity contribution in [1.29, 1.82) is 0 Å². The van der Waals surface area contributed by atoms with E-state index in [0.717, 1.165) is 11.3 Å². The van der Waals surface area contributed by atoms with Gasteiger partial charge in [-0.25, -0.2) is 4.79 Å². The molecule has 4 heteroatoms. The summed E-state index contributed by atoms with van der Waals surface area (Å²) in [7, 11) is 0. The van der Waals surface area contributed by atoms with Crippen molar-refractivity contribution in [3.8, 4) is 16.9 Å². The van der Waals surface area contributed by atoms with Gasteiger partial charge in [0.2, 0.25) is 0 Å². The normalized spacial score (nSPS) is 14.2. The third-order valence-corrected chi connectivity index (χ3v) is 5.50. The number of benzene rings is 3. The van der Waals surface area contributed by atoms with Gasteiger partial charge in [-0.05, 0) is 65.4 Å². The molecule has 31 heavy (non-hydrogen) atoms. The van der Waals surface area contributed by atoms with Gasteiger partial charge in [-0.3, -0.25) is 0 Å². The fourth-order valence-corrected chi connectivity index (χ4v) is 4.01. The van der Waals surface area contributed by atoms with E-state index < -0.39 is 12.1 Å². The molecule has 3 aromatic rings. The van der Waals surface area contributed by atoms with E-state index in [4.69, 9.17) is 9.47 Å². The molecule has 3 aromatic carbocycles. The van der Waals surface area contributed by atoms with Crippen molar-refractivity contribution >= 4 is 11.5 Å². The Kier molecular flexibility index (Phi) is 6.19. The third kappa shape index (κ3) is 4.54. The predicted molar refractivity (Wildman–Crippen MR) is 122 cm³/mol. The van der Waals surface area contributed by atoms with Gasteiger partial charge in [0.15, 0.2) is 6.10 Å². The lowest BCUT2D eigenvalue weighted by atomic mass is 10.0. The van der Waals surface area contributed by atoms with Gasteiger partial charge in [-0.1, -0.05) is 60.2 Å². The Bertz CT molecular complexity index is 1110. The topological polar surface area (TPSA) is 55.8 Å². The second-order valence-electron chi connectivity index (χ2n) is 7.65. The molecule has 0 amide bonds. The summed E-state index contributed by atoms with van der Waals surface area (Å²) < 4.78 is 11.2. The van der Waals surface area contributed by atoms with Gasteiger partial charge in [0, 0.05) is 13.0 Å². The van der Waals surface area contributed by atoms with Crippen LogP contribution in [0, 0.1) is 6.92 Å². The number of rotatable bonds is 8. The summed E-state index contributed by atoms with van der Waals surface area (Å²) in [6, 6.07) is 22.6. The van der Waals surface area contributed by atoms with Crippen molar-refractivity contribution in [2.75, 3.05) is 13.2 Å². The molecule has 1 aliphatic rings. The summed E-state index contributed by atoms with van der Waals surface area (Å²) in [5, 5.41) is 9.24. The van der Waals surface area contributed by atoms with Crippen molar-refractivity contribution in [3.63, 3.8) is 0 Å². The number of carboxylic acid groups (broad SMARTS) is 1. The molecule has 4 nitrogen and oxygen atoms in total. The highest BCUT2D eigenvalue weighted by atomic mass is 16.5. The maximum absolute atomic E-state index is 11.3. The SMILES string of the molecule is CCOC(Cc1ccc(OC/C=C2/c3ccccc3-c3ccc(C)cc32)cc1)C(=O)O. The molecule has 0 radical (unpaired) electrons. The van der Waals surface area contributed by atoms with Crippen LogP contribution in [0.15, 0.2) is 72.8 Å². The molecule has 0 heterocycles. The number of carbonyl (C=O) groups is 1. The van der Waals surface area contributed by atoms with E-state index in [9.17, 15) is 9.90 Å². The first kappa shape index (κ1) is 20.9. The Balaban J connectivity index is 1.47. The summed E-state index contributed by atoms with van der Waals surface area (Å²) in [6.07, 6.45) is 1.64. The molecule has 0 bridgehead atoms. The second-order valence-corrected chi connectivity index (χ2v) is 7.65. The van der Waals surface area contributed by atoms with E-state index in [-0.39, 0.29) is 0 Å². The van der Waals surface area contributed by atoms with Crippen LogP contribution in [-0.2, 0) is 16.0 Å². The zero-order chi connectivity index (χ0) is 21.8. The quantitative estimate of drug-likeness (QED) is 0.413. The van der Waals surface area contributed by atoms with E-state index in [1.807, 2.05) is 24.3 Å². The highest BCUT2D eigenvalue weighted by Crippen LogP contribution is 2.44. The fourth-order valence-electron chi connectivity index (χ4n) is 4.01. The van der Waals surface area contributed by atoms with Gasteiger partial charge in [-0.2, -0.15) is 0 Å². The van der Waals surface area contributed by atoms with Gasteiger partial charge in [0.25, 0.3) is 0 Å². The minimum Gasteiger partial charge on any atom is -0.490 e. The largest absolute Gasteiger partial charge is 0.490 e. The molecule has 0 saturated carbocycles. The highest BCUT2D eigenvalue weighted by molar-refractivity contribution is 6.01. The number of carboxylic acids is 1. The number of aliphatic carboxylic acids is 1. The Labute approximate surface area is 182 Å². The van der Waals surface area contributed by atoms with Crippen LogP contribution < -0.4 is 4.74 Å². The number of fused-ring (bicyclic) bond motifs is 3. The van der Waals surface area contributed by atoms with E-state index in [1.165, 1.54) is 33.4 Å². The van der Waals surface area contributed by atoms with Crippen LogP contribution in [0.1, 0.15) is 29.2 Å². The van der Waals surface area contributed by atoms with Crippen LogP contribution in [0.3, 0.4) is 0 Å². The zero-order valence-electron chi connectivity index (χ0n) is 17.8. The fraction of sp³-hybridized carbons (Fsp3) is 0.222. The molecule has 0 aromatic heterocycles. The first-order valence-electron chi connectivity index (χ1n) is 10.5. The molecular formula is C27H26O4. The van der Waals surface area contributed by atoms with E-state index in [1.54, 1.807) is 6.92 Å². The number of ether oxygens (including phenoxy) is 2. The lowest BCUT2D eigenvalue weighted by Crippen LogP contribution is -2.26. The van der Waals surface area contributed by atoms with Crippen molar-refractivity contribution < 1.29 is 19.4 Å². The first-order valence-corrected chi connectivity index (χ1v) is 10.5.